The lowest BCUT2D eigenvalue weighted by molar-refractivity contribution is 0.0676. The number of aliphatic hydroxyl groups excluding tert-OH is 1. The second-order valence-electron chi connectivity index (χ2n) is 6.52. The minimum Gasteiger partial charge on any atom is -0.396 e. The summed E-state index contributed by atoms with van der Waals surface area (Å²) in [5.41, 5.74) is 2.54. The molecule has 25 heavy (non-hydrogen) atoms. The van der Waals surface area contributed by atoms with E-state index >= 15 is 0 Å². The molecule has 0 atom stereocenters. The Morgan fingerprint density at radius 1 is 1.40 bits per heavy atom. The first kappa shape index (κ1) is 16.3. The summed E-state index contributed by atoms with van der Waals surface area (Å²) in [6.07, 6.45) is 4.38. The second kappa shape index (κ2) is 6.97. The molecule has 1 fully saturated rings. The first-order valence-corrected chi connectivity index (χ1v) is 9.46. The van der Waals surface area contributed by atoms with E-state index in [4.69, 9.17) is 5.11 Å². The number of nitrogens with one attached hydrogen (secondary N) is 1. The van der Waals surface area contributed by atoms with Crippen LogP contribution < -0.4 is 0 Å². The van der Waals surface area contributed by atoms with E-state index in [9.17, 15) is 4.79 Å². The van der Waals surface area contributed by atoms with Crippen molar-refractivity contribution < 1.29 is 9.90 Å². The average molecular weight is 359 g/mol. The van der Waals surface area contributed by atoms with Crippen molar-refractivity contribution in [1.82, 2.24) is 24.9 Å². The third kappa shape index (κ3) is 3.45. The maximum atomic E-state index is 12.7. The third-order valence-electron chi connectivity index (χ3n) is 4.77. The summed E-state index contributed by atoms with van der Waals surface area (Å²) in [7, 11) is 0. The Bertz CT molecular complexity index is 831. The maximum absolute atomic E-state index is 12.7. The van der Waals surface area contributed by atoms with Gasteiger partial charge in [-0.2, -0.15) is 0 Å². The molecule has 1 amide bonds. The van der Waals surface area contributed by atoms with Crippen molar-refractivity contribution in [3.05, 3.63) is 35.1 Å². The van der Waals surface area contributed by atoms with Crippen molar-refractivity contribution >= 4 is 27.5 Å². The maximum Gasteiger partial charge on any atom is 0.270 e. The number of amides is 1. The molecule has 0 unspecified atom stereocenters. The molecule has 0 aromatic carbocycles. The molecule has 0 spiro atoms. The standard InChI is InChI=1S/C17H21N5O2S/c23-7-3-13-11-22(20-19-13)10-12-1-5-21(6-2-12)17(24)15-9-16-14(18-15)4-8-25-16/h4,8-9,11-12,18,23H,1-3,5-7,10H2. The number of thiophene rings is 1. The van der Waals surface area contributed by atoms with E-state index in [1.165, 1.54) is 0 Å². The number of carbonyl (C=O) groups is 1. The zero-order chi connectivity index (χ0) is 17.2. The van der Waals surface area contributed by atoms with Crippen molar-refractivity contribution in [3.8, 4) is 0 Å². The van der Waals surface area contributed by atoms with Gasteiger partial charge in [0.1, 0.15) is 5.69 Å². The molecule has 2 N–H and O–H groups in total. The van der Waals surface area contributed by atoms with Crippen molar-refractivity contribution in [2.45, 2.75) is 25.8 Å². The van der Waals surface area contributed by atoms with E-state index in [1.54, 1.807) is 11.3 Å². The van der Waals surface area contributed by atoms with Crippen LogP contribution in [0.2, 0.25) is 0 Å². The van der Waals surface area contributed by atoms with Gasteiger partial charge in [0.2, 0.25) is 0 Å². The van der Waals surface area contributed by atoms with Gasteiger partial charge in [-0.3, -0.25) is 9.48 Å². The Balaban J connectivity index is 1.32. The van der Waals surface area contributed by atoms with Gasteiger partial charge in [-0.1, -0.05) is 5.21 Å². The minimum atomic E-state index is 0.0906. The summed E-state index contributed by atoms with van der Waals surface area (Å²) in [4.78, 5) is 17.8. The van der Waals surface area contributed by atoms with Crippen LogP contribution in [0.3, 0.4) is 0 Å². The Labute approximate surface area is 149 Å². The predicted molar refractivity (Wildman–Crippen MR) is 95.6 cm³/mol. The van der Waals surface area contributed by atoms with Crippen LogP contribution in [0.1, 0.15) is 29.0 Å². The van der Waals surface area contributed by atoms with Gasteiger partial charge in [-0.05, 0) is 36.3 Å². The van der Waals surface area contributed by atoms with Crippen LogP contribution in [-0.4, -0.2) is 55.6 Å². The quantitative estimate of drug-likeness (QED) is 0.728. The Hall–Kier alpha value is -2.19. The van der Waals surface area contributed by atoms with Crippen LogP contribution in [-0.2, 0) is 13.0 Å². The second-order valence-corrected chi connectivity index (χ2v) is 7.47. The molecular formula is C17H21N5O2S. The minimum absolute atomic E-state index is 0.0906. The van der Waals surface area contributed by atoms with Gasteiger partial charge in [0.05, 0.1) is 15.9 Å². The molecule has 0 bridgehead atoms. The van der Waals surface area contributed by atoms with Crippen LogP contribution in [0.25, 0.3) is 10.2 Å². The van der Waals surface area contributed by atoms with Gasteiger partial charge in [0.25, 0.3) is 5.91 Å². The predicted octanol–water partition coefficient (Wildman–Crippen LogP) is 1.91. The Morgan fingerprint density at radius 2 is 2.24 bits per heavy atom. The number of carbonyl (C=O) groups excluding carboxylic acids is 1. The van der Waals surface area contributed by atoms with Crippen LogP contribution >= 0.6 is 11.3 Å². The lowest BCUT2D eigenvalue weighted by Gasteiger charge is -2.31. The SMILES string of the molecule is O=C(c1cc2sccc2[nH]1)N1CCC(Cn2cc(CCO)nn2)CC1. The number of hydrogen-bond donors (Lipinski definition) is 2. The number of fused-ring (bicyclic) bond motifs is 1. The highest BCUT2D eigenvalue weighted by molar-refractivity contribution is 7.17. The molecule has 4 heterocycles. The van der Waals surface area contributed by atoms with E-state index in [2.05, 4.69) is 15.3 Å². The number of hydrogen-bond acceptors (Lipinski definition) is 5. The van der Waals surface area contributed by atoms with E-state index in [1.807, 2.05) is 33.3 Å². The van der Waals surface area contributed by atoms with E-state index in [0.29, 0.717) is 18.0 Å². The highest BCUT2D eigenvalue weighted by atomic mass is 32.1. The molecule has 0 radical (unpaired) electrons. The summed E-state index contributed by atoms with van der Waals surface area (Å²) >= 11 is 1.65. The molecule has 1 aliphatic rings. The van der Waals surface area contributed by atoms with Gasteiger partial charge < -0.3 is 15.0 Å². The topological polar surface area (TPSA) is 87.0 Å². The molecule has 7 nitrogen and oxygen atoms in total. The third-order valence-corrected chi connectivity index (χ3v) is 5.64. The lowest BCUT2D eigenvalue weighted by atomic mass is 9.96. The van der Waals surface area contributed by atoms with Crippen molar-refractivity contribution in [3.63, 3.8) is 0 Å². The van der Waals surface area contributed by atoms with Gasteiger partial charge >= 0.3 is 0 Å². The molecule has 4 rings (SSSR count). The van der Waals surface area contributed by atoms with Crippen molar-refractivity contribution in [1.29, 1.82) is 0 Å². The monoisotopic (exact) mass is 359 g/mol. The molecular weight excluding hydrogens is 338 g/mol. The average Bonchev–Trinajstić information content (AvgIpc) is 3.31. The molecule has 1 aliphatic heterocycles. The zero-order valence-electron chi connectivity index (χ0n) is 13.9. The van der Waals surface area contributed by atoms with Crippen molar-refractivity contribution in [2.24, 2.45) is 5.92 Å². The summed E-state index contributed by atoms with van der Waals surface area (Å²) < 4.78 is 2.98. The number of aromatic amines is 1. The normalized spacial score (nSPS) is 16.0. The number of piperidine rings is 1. The molecule has 0 saturated carbocycles. The number of likely N-dealkylation sites (tertiary alicyclic amines) is 1. The number of H-pyrrole nitrogens is 1. The van der Waals surface area contributed by atoms with Crippen LogP contribution in [0.4, 0.5) is 0 Å². The summed E-state index contributed by atoms with van der Waals surface area (Å²) in [6.45, 7) is 2.46. The molecule has 132 valence electrons. The van der Waals surface area contributed by atoms with E-state index in [0.717, 1.165) is 48.4 Å². The molecule has 1 saturated heterocycles. The van der Waals surface area contributed by atoms with Gasteiger partial charge in [0, 0.05) is 38.9 Å². The van der Waals surface area contributed by atoms with Crippen LogP contribution in [0.15, 0.2) is 23.7 Å². The summed E-state index contributed by atoms with van der Waals surface area (Å²) in [5.74, 6) is 0.590. The fourth-order valence-electron chi connectivity index (χ4n) is 3.37. The number of aromatic nitrogens is 4. The van der Waals surface area contributed by atoms with Crippen molar-refractivity contribution in [2.75, 3.05) is 19.7 Å². The fourth-order valence-corrected chi connectivity index (χ4v) is 4.16. The first-order chi connectivity index (χ1) is 12.2. The highest BCUT2D eigenvalue weighted by Crippen LogP contribution is 2.24. The lowest BCUT2D eigenvalue weighted by Crippen LogP contribution is -2.39. The van der Waals surface area contributed by atoms with Crippen LogP contribution in [0.5, 0.6) is 0 Å². The fraction of sp³-hybridized carbons (Fsp3) is 0.471. The number of nitrogens with zero attached hydrogens (tertiary/aromatic N) is 4. The van der Waals surface area contributed by atoms with Crippen LogP contribution in [0, 0.1) is 5.92 Å². The Morgan fingerprint density at radius 3 is 3.00 bits per heavy atom. The van der Waals surface area contributed by atoms with E-state index < -0.39 is 0 Å². The zero-order valence-corrected chi connectivity index (χ0v) is 14.7. The number of rotatable bonds is 5. The molecule has 3 aromatic heterocycles. The summed E-state index contributed by atoms with van der Waals surface area (Å²) in [6, 6.07) is 3.96. The molecule has 3 aromatic rings. The molecule has 8 heteroatoms. The van der Waals surface area contributed by atoms with Gasteiger partial charge in [-0.25, -0.2) is 0 Å². The first-order valence-electron chi connectivity index (χ1n) is 8.58. The van der Waals surface area contributed by atoms with Gasteiger partial charge in [0.15, 0.2) is 0 Å². The number of aliphatic hydroxyl groups is 1. The van der Waals surface area contributed by atoms with Gasteiger partial charge in [-0.15, -0.1) is 16.4 Å². The van der Waals surface area contributed by atoms with E-state index in [-0.39, 0.29) is 12.5 Å². The molecule has 0 aliphatic carbocycles. The smallest absolute Gasteiger partial charge is 0.270 e. The highest BCUT2D eigenvalue weighted by Gasteiger charge is 2.25. The summed E-state index contributed by atoms with van der Waals surface area (Å²) in [5, 5.41) is 19.1. The largest absolute Gasteiger partial charge is 0.396 e. The Kier molecular flexibility index (Phi) is 4.54.